The van der Waals surface area contributed by atoms with Crippen molar-refractivity contribution in [2.45, 2.75) is 26.3 Å². The number of rotatable bonds is 4. The van der Waals surface area contributed by atoms with E-state index in [0.29, 0.717) is 12.2 Å². The van der Waals surface area contributed by atoms with Gasteiger partial charge in [-0.2, -0.15) is 5.10 Å². The van der Waals surface area contributed by atoms with E-state index in [1.807, 2.05) is 25.1 Å². The number of nitrogens with zero attached hydrogens (tertiary/aromatic N) is 2. The van der Waals surface area contributed by atoms with Crippen molar-refractivity contribution in [2.24, 2.45) is 5.10 Å². The molecule has 130 valence electrons. The Morgan fingerprint density at radius 1 is 1.12 bits per heavy atom. The molecule has 5 nitrogen and oxygen atoms in total. The van der Waals surface area contributed by atoms with Crippen LogP contribution in [0.15, 0.2) is 47.6 Å². The minimum absolute atomic E-state index is 0.0811. The number of hydrogen-bond donors (Lipinski definition) is 0. The van der Waals surface area contributed by atoms with Crippen molar-refractivity contribution >= 4 is 11.6 Å². The summed E-state index contributed by atoms with van der Waals surface area (Å²) in [7, 11) is 3.25. The van der Waals surface area contributed by atoms with Gasteiger partial charge in [-0.1, -0.05) is 29.8 Å². The smallest absolute Gasteiger partial charge is 0.240 e. The first-order valence-corrected chi connectivity index (χ1v) is 8.19. The van der Waals surface area contributed by atoms with Crippen LogP contribution in [0.25, 0.3) is 0 Å². The molecule has 1 heterocycles. The van der Waals surface area contributed by atoms with Crippen LogP contribution in [0.1, 0.15) is 36.1 Å². The maximum Gasteiger partial charge on any atom is 0.240 e. The SMILES string of the molecule is COc1ccc(OC)c(C2=NN(C(C)=O)[C@@H](c3ccc(C)cc3)C2)c1. The van der Waals surface area contributed by atoms with Gasteiger partial charge in [-0.05, 0) is 30.7 Å². The molecular weight excluding hydrogens is 316 g/mol. The molecule has 0 bridgehead atoms. The molecule has 1 atom stereocenters. The summed E-state index contributed by atoms with van der Waals surface area (Å²) >= 11 is 0. The Hall–Kier alpha value is -2.82. The number of benzene rings is 2. The average molecular weight is 338 g/mol. The number of hydrogen-bond acceptors (Lipinski definition) is 4. The maximum absolute atomic E-state index is 12.1. The van der Waals surface area contributed by atoms with E-state index in [1.54, 1.807) is 19.2 Å². The Morgan fingerprint density at radius 3 is 2.44 bits per heavy atom. The first-order valence-electron chi connectivity index (χ1n) is 8.19. The van der Waals surface area contributed by atoms with Crippen molar-refractivity contribution < 1.29 is 14.3 Å². The number of methoxy groups -OCH3 is 2. The van der Waals surface area contributed by atoms with Crippen molar-refractivity contribution in [3.8, 4) is 11.5 Å². The van der Waals surface area contributed by atoms with E-state index < -0.39 is 0 Å². The molecule has 3 rings (SSSR count). The van der Waals surface area contributed by atoms with Crippen molar-refractivity contribution in [2.75, 3.05) is 14.2 Å². The predicted molar refractivity (Wildman–Crippen MR) is 97.1 cm³/mol. The third-order valence-electron chi connectivity index (χ3n) is 4.41. The minimum atomic E-state index is -0.107. The molecule has 1 aliphatic rings. The van der Waals surface area contributed by atoms with Crippen LogP contribution in [-0.2, 0) is 4.79 Å². The van der Waals surface area contributed by atoms with Gasteiger partial charge >= 0.3 is 0 Å². The van der Waals surface area contributed by atoms with E-state index in [1.165, 1.54) is 12.5 Å². The van der Waals surface area contributed by atoms with Gasteiger partial charge in [-0.3, -0.25) is 4.79 Å². The van der Waals surface area contributed by atoms with Crippen LogP contribution in [0.2, 0.25) is 0 Å². The van der Waals surface area contributed by atoms with Crippen LogP contribution in [0, 0.1) is 6.92 Å². The molecule has 0 saturated heterocycles. The molecule has 2 aromatic carbocycles. The summed E-state index contributed by atoms with van der Waals surface area (Å²) in [6, 6.07) is 13.7. The molecule has 0 saturated carbocycles. The summed E-state index contributed by atoms with van der Waals surface area (Å²) in [5, 5.41) is 6.14. The fourth-order valence-corrected chi connectivity index (χ4v) is 3.05. The van der Waals surface area contributed by atoms with Gasteiger partial charge in [-0.25, -0.2) is 5.01 Å². The van der Waals surface area contributed by atoms with Crippen LogP contribution in [-0.4, -0.2) is 30.8 Å². The summed E-state index contributed by atoms with van der Waals surface area (Å²) < 4.78 is 10.8. The van der Waals surface area contributed by atoms with E-state index in [4.69, 9.17) is 9.47 Å². The summed E-state index contributed by atoms with van der Waals surface area (Å²) in [6.07, 6.45) is 0.631. The Kier molecular flexibility index (Phi) is 4.74. The molecule has 0 radical (unpaired) electrons. The lowest BCUT2D eigenvalue weighted by atomic mass is 9.97. The number of amides is 1. The van der Waals surface area contributed by atoms with E-state index in [0.717, 1.165) is 22.6 Å². The number of aryl methyl sites for hydroxylation is 1. The molecular formula is C20H22N2O3. The molecule has 25 heavy (non-hydrogen) atoms. The first-order chi connectivity index (χ1) is 12.0. The number of ether oxygens (including phenoxy) is 2. The topological polar surface area (TPSA) is 51.1 Å². The molecule has 5 heteroatoms. The van der Waals surface area contributed by atoms with Crippen LogP contribution < -0.4 is 9.47 Å². The van der Waals surface area contributed by atoms with Gasteiger partial charge in [0.2, 0.25) is 5.91 Å². The van der Waals surface area contributed by atoms with Gasteiger partial charge in [0.25, 0.3) is 0 Å². The van der Waals surface area contributed by atoms with E-state index in [-0.39, 0.29) is 11.9 Å². The van der Waals surface area contributed by atoms with Gasteiger partial charge in [0.15, 0.2) is 0 Å². The standard InChI is InChI=1S/C20H22N2O3/c1-13-5-7-15(8-6-13)19-12-18(21-22(19)14(2)23)17-11-16(24-3)9-10-20(17)25-4/h5-11,19H,12H2,1-4H3/t19-/m1/s1. The van der Waals surface area contributed by atoms with Gasteiger partial charge in [0.05, 0.1) is 26.0 Å². The van der Waals surface area contributed by atoms with Gasteiger partial charge < -0.3 is 9.47 Å². The normalized spacial score (nSPS) is 16.6. The Bertz CT molecular complexity index is 812. The maximum atomic E-state index is 12.1. The largest absolute Gasteiger partial charge is 0.497 e. The van der Waals surface area contributed by atoms with Gasteiger partial charge in [0.1, 0.15) is 11.5 Å². The Morgan fingerprint density at radius 2 is 1.84 bits per heavy atom. The second-order valence-electron chi connectivity index (χ2n) is 6.11. The molecule has 0 aromatic heterocycles. The van der Waals surface area contributed by atoms with Crippen molar-refractivity contribution in [1.82, 2.24) is 5.01 Å². The summed E-state index contributed by atoms with van der Waals surface area (Å²) in [5.74, 6) is 1.36. The highest BCUT2D eigenvalue weighted by Gasteiger charge is 2.32. The highest BCUT2D eigenvalue weighted by Crippen LogP contribution is 2.36. The molecule has 1 amide bonds. The fourth-order valence-electron chi connectivity index (χ4n) is 3.05. The van der Waals surface area contributed by atoms with Gasteiger partial charge in [0, 0.05) is 18.9 Å². The molecule has 2 aromatic rings. The quantitative estimate of drug-likeness (QED) is 0.854. The lowest BCUT2D eigenvalue weighted by Crippen LogP contribution is -2.24. The number of carbonyl (C=O) groups is 1. The zero-order valence-electron chi connectivity index (χ0n) is 14.9. The lowest BCUT2D eigenvalue weighted by molar-refractivity contribution is -0.130. The molecule has 0 spiro atoms. The molecule has 0 fully saturated rings. The minimum Gasteiger partial charge on any atom is -0.497 e. The summed E-state index contributed by atoms with van der Waals surface area (Å²) in [4.78, 5) is 12.1. The first kappa shape index (κ1) is 17.0. The number of carbonyl (C=O) groups excluding carboxylic acids is 1. The molecule has 0 aliphatic carbocycles. The van der Waals surface area contributed by atoms with E-state index in [2.05, 4.69) is 29.4 Å². The van der Waals surface area contributed by atoms with Crippen molar-refractivity contribution in [1.29, 1.82) is 0 Å². The monoisotopic (exact) mass is 338 g/mol. The third-order valence-corrected chi connectivity index (χ3v) is 4.41. The third kappa shape index (κ3) is 3.36. The molecule has 0 N–H and O–H groups in total. The summed E-state index contributed by atoms with van der Waals surface area (Å²) in [5.41, 5.74) is 3.92. The molecule has 1 aliphatic heterocycles. The van der Waals surface area contributed by atoms with Crippen LogP contribution in [0.4, 0.5) is 0 Å². The molecule has 0 unspecified atom stereocenters. The van der Waals surface area contributed by atoms with Crippen LogP contribution >= 0.6 is 0 Å². The van der Waals surface area contributed by atoms with Crippen molar-refractivity contribution in [3.05, 3.63) is 59.2 Å². The van der Waals surface area contributed by atoms with E-state index >= 15 is 0 Å². The van der Waals surface area contributed by atoms with E-state index in [9.17, 15) is 4.79 Å². The lowest BCUT2D eigenvalue weighted by Gasteiger charge is -2.20. The average Bonchev–Trinajstić information content (AvgIpc) is 3.07. The number of hydrazone groups is 1. The van der Waals surface area contributed by atoms with Crippen LogP contribution in [0.3, 0.4) is 0 Å². The van der Waals surface area contributed by atoms with Crippen molar-refractivity contribution in [3.63, 3.8) is 0 Å². The Labute approximate surface area is 147 Å². The second kappa shape index (κ2) is 6.97. The fraction of sp³-hybridized carbons (Fsp3) is 0.300. The highest BCUT2D eigenvalue weighted by molar-refractivity contribution is 6.05. The van der Waals surface area contributed by atoms with Gasteiger partial charge in [-0.15, -0.1) is 0 Å². The Balaban J connectivity index is 2.00. The zero-order valence-corrected chi connectivity index (χ0v) is 14.9. The second-order valence-corrected chi connectivity index (χ2v) is 6.11. The highest BCUT2D eigenvalue weighted by atomic mass is 16.5. The zero-order chi connectivity index (χ0) is 18.0. The predicted octanol–water partition coefficient (Wildman–Crippen LogP) is 3.71. The van der Waals surface area contributed by atoms with Crippen LogP contribution in [0.5, 0.6) is 11.5 Å². The summed E-state index contributed by atoms with van der Waals surface area (Å²) in [6.45, 7) is 3.58.